The predicted molar refractivity (Wildman–Crippen MR) is 125 cm³/mol. The van der Waals surface area contributed by atoms with Crippen LogP contribution in [0.25, 0.3) is 0 Å². The van der Waals surface area contributed by atoms with Crippen molar-refractivity contribution in [1.82, 2.24) is 4.90 Å². The van der Waals surface area contributed by atoms with Gasteiger partial charge in [0.05, 0.1) is 12.2 Å². The zero-order chi connectivity index (χ0) is 22.9. The maximum absolute atomic E-state index is 10.4. The number of aliphatic hydroxyl groups excluding tert-OH is 1. The Balaban J connectivity index is 1.53. The van der Waals surface area contributed by atoms with Crippen LogP contribution < -0.4 is 0 Å². The molecule has 182 valence electrons. The molecule has 2 heterocycles. The Kier molecular flexibility index (Phi) is 5.86. The smallest absolute Gasteiger partial charge is 0.171 e. The van der Waals surface area contributed by atoms with E-state index in [9.17, 15) is 5.11 Å². The number of hydrogen-bond donors (Lipinski definition) is 1. The van der Waals surface area contributed by atoms with Crippen molar-refractivity contribution in [2.24, 2.45) is 28.1 Å². The van der Waals surface area contributed by atoms with E-state index >= 15 is 0 Å². The van der Waals surface area contributed by atoms with E-state index in [0.717, 1.165) is 32.5 Å². The molecule has 4 fully saturated rings. The molecule has 5 nitrogen and oxygen atoms in total. The summed E-state index contributed by atoms with van der Waals surface area (Å²) in [6.07, 6.45) is 7.31. The van der Waals surface area contributed by atoms with Gasteiger partial charge in [-0.25, -0.2) is 0 Å². The second-order valence-corrected chi connectivity index (χ2v) is 12.7. The van der Waals surface area contributed by atoms with E-state index in [1.165, 1.54) is 36.8 Å². The van der Waals surface area contributed by atoms with Crippen LogP contribution in [0.3, 0.4) is 0 Å². The molecule has 1 N–H and O–H groups in total. The molecular weight excluding hydrogens is 402 g/mol. The van der Waals surface area contributed by atoms with Gasteiger partial charge in [0.2, 0.25) is 0 Å². The molecule has 5 heteroatoms. The second-order valence-electron chi connectivity index (χ2n) is 12.7. The van der Waals surface area contributed by atoms with Crippen molar-refractivity contribution in [3.05, 3.63) is 11.1 Å². The number of allylic oxidation sites excluding steroid dienone is 1. The molecule has 2 saturated carbocycles. The molecule has 7 atom stereocenters. The quantitative estimate of drug-likeness (QED) is 0.648. The third-order valence-electron chi connectivity index (χ3n) is 10.8. The number of methoxy groups -OCH3 is 1. The van der Waals surface area contributed by atoms with Crippen LogP contribution in [0.1, 0.15) is 73.1 Å². The first-order valence-corrected chi connectivity index (χ1v) is 13.0. The van der Waals surface area contributed by atoms with Gasteiger partial charge in [0.1, 0.15) is 6.10 Å². The number of aliphatic hydroxyl groups is 1. The largest absolute Gasteiger partial charge is 0.396 e. The van der Waals surface area contributed by atoms with Gasteiger partial charge in [0.15, 0.2) is 6.29 Å². The Morgan fingerprint density at radius 3 is 2.56 bits per heavy atom. The lowest BCUT2D eigenvalue weighted by Crippen LogP contribution is -2.58. The van der Waals surface area contributed by atoms with Gasteiger partial charge in [-0.05, 0) is 72.7 Å². The average molecular weight is 448 g/mol. The number of fused-ring (bicyclic) bond motifs is 6. The van der Waals surface area contributed by atoms with Gasteiger partial charge in [-0.1, -0.05) is 39.7 Å². The fourth-order valence-electron chi connectivity index (χ4n) is 8.19. The lowest BCUT2D eigenvalue weighted by Gasteiger charge is -2.60. The van der Waals surface area contributed by atoms with Crippen LogP contribution in [-0.4, -0.2) is 68.0 Å². The maximum atomic E-state index is 10.4. The maximum Gasteiger partial charge on any atom is 0.171 e. The topological polar surface area (TPSA) is 51.2 Å². The molecule has 2 aliphatic heterocycles. The summed E-state index contributed by atoms with van der Waals surface area (Å²) in [6.45, 7) is 15.3. The van der Waals surface area contributed by atoms with Crippen molar-refractivity contribution in [2.45, 2.75) is 97.7 Å². The minimum atomic E-state index is -0.183. The Labute approximate surface area is 194 Å². The molecule has 0 aromatic heterocycles. The first-order chi connectivity index (χ1) is 15.1. The highest BCUT2D eigenvalue weighted by Gasteiger charge is 2.63. The molecule has 5 aliphatic rings. The number of rotatable bonds is 4. The Bertz CT molecular complexity index is 759. The van der Waals surface area contributed by atoms with E-state index in [4.69, 9.17) is 14.2 Å². The number of hydrogen-bond acceptors (Lipinski definition) is 5. The molecule has 5 rings (SSSR count). The zero-order valence-electron chi connectivity index (χ0n) is 21.2. The normalized spacial score (nSPS) is 46.8. The SMILES string of the molecule is COC1CN(C[C@@H]2O[C@@H]3C4=C(C)CC[C@@](C)(CC5C(CO)CCC[C@@]5(C)[C@@H]3O2)C4(C)C)C1. The van der Waals surface area contributed by atoms with E-state index in [1.807, 2.05) is 0 Å². The Hall–Kier alpha value is -0.460. The van der Waals surface area contributed by atoms with Gasteiger partial charge in [0.25, 0.3) is 0 Å². The third kappa shape index (κ3) is 3.37. The van der Waals surface area contributed by atoms with E-state index < -0.39 is 0 Å². The summed E-state index contributed by atoms with van der Waals surface area (Å²) >= 11 is 0. The van der Waals surface area contributed by atoms with Crippen LogP contribution in [0.15, 0.2) is 11.1 Å². The number of ether oxygens (including phenoxy) is 3. The molecule has 3 aliphatic carbocycles. The van der Waals surface area contributed by atoms with Crippen LogP contribution >= 0.6 is 0 Å². The molecule has 2 saturated heterocycles. The molecule has 2 bridgehead atoms. The third-order valence-corrected chi connectivity index (χ3v) is 10.8. The highest BCUT2D eigenvalue weighted by Crippen LogP contribution is 2.65. The van der Waals surface area contributed by atoms with Crippen molar-refractivity contribution in [2.75, 3.05) is 33.4 Å². The summed E-state index contributed by atoms with van der Waals surface area (Å²) in [4.78, 5) is 2.40. The minimum Gasteiger partial charge on any atom is -0.396 e. The molecule has 0 aromatic rings. The first kappa shape index (κ1) is 23.3. The lowest BCUT2D eigenvalue weighted by molar-refractivity contribution is -0.144. The standard InChI is InChI=1S/C27H45NO4/c1-17-9-11-26(4)12-20-18(16-29)8-7-10-27(20,5)24-23(22(17)25(26,2)3)31-21(32-24)15-28-13-19(14-28)30-6/h18-21,23-24,29H,7-16H2,1-6H3/t18?,20?,21-,23-,24-,26+,27-/m1/s1. The fourth-order valence-corrected chi connectivity index (χ4v) is 8.19. The average Bonchev–Trinajstić information content (AvgIpc) is 3.12. The van der Waals surface area contributed by atoms with Crippen LogP contribution in [0.4, 0.5) is 0 Å². The van der Waals surface area contributed by atoms with Crippen LogP contribution in [0, 0.1) is 28.1 Å². The highest BCUT2D eigenvalue weighted by molar-refractivity contribution is 5.34. The Morgan fingerprint density at radius 1 is 1.12 bits per heavy atom. The zero-order valence-corrected chi connectivity index (χ0v) is 21.2. The summed E-state index contributed by atoms with van der Waals surface area (Å²) in [5, 5.41) is 10.4. The summed E-state index contributed by atoms with van der Waals surface area (Å²) in [7, 11) is 1.80. The lowest BCUT2D eigenvalue weighted by atomic mass is 9.45. The molecule has 0 spiro atoms. The van der Waals surface area contributed by atoms with Crippen LogP contribution in [-0.2, 0) is 14.2 Å². The molecule has 0 radical (unpaired) electrons. The summed E-state index contributed by atoms with van der Waals surface area (Å²) in [5.74, 6) is 0.846. The fraction of sp³-hybridized carbons (Fsp3) is 0.926. The van der Waals surface area contributed by atoms with Crippen molar-refractivity contribution in [3.63, 3.8) is 0 Å². The van der Waals surface area contributed by atoms with E-state index in [-0.39, 0.29) is 34.7 Å². The van der Waals surface area contributed by atoms with Gasteiger partial charge >= 0.3 is 0 Å². The van der Waals surface area contributed by atoms with E-state index in [1.54, 1.807) is 7.11 Å². The van der Waals surface area contributed by atoms with E-state index in [2.05, 4.69) is 39.5 Å². The van der Waals surface area contributed by atoms with Gasteiger partial charge in [-0.15, -0.1) is 0 Å². The molecule has 0 amide bonds. The molecular formula is C27H45NO4. The molecule has 0 aromatic carbocycles. The van der Waals surface area contributed by atoms with Gasteiger partial charge in [0, 0.05) is 33.4 Å². The van der Waals surface area contributed by atoms with Gasteiger partial charge in [-0.2, -0.15) is 0 Å². The van der Waals surface area contributed by atoms with Crippen LogP contribution in [0.2, 0.25) is 0 Å². The van der Waals surface area contributed by atoms with E-state index in [0.29, 0.717) is 24.5 Å². The summed E-state index contributed by atoms with van der Waals surface area (Å²) < 4.78 is 19.2. The Morgan fingerprint density at radius 2 is 1.88 bits per heavy atom. The number of likely N-dealkylation sites (tertiary alicyclic amines) is 1. The summed E-state index contributed by atoms with van der Waals surface area (Å²) in [5.41, 5.74) is 3.35. The summed E-state index contributed by atoms with van der Waals surface area (Å²) in [6, 6.07) is 0. The van der Waals surface area contributed by atoms with Gasteiger partial charge in [-0.3, -0.25) is 4.90 Å². The van der Waals surface area contributed by atoms with Crippen molar-refractivity contribution in [1.29, 1.82) is 0 Å². The minimum absolute atomic E-state index is 0.0272. The second kappa shape index (κ2) is 8.05. The monoisotopic (exact) mass is 447 g/mol. The highest BCUT2D eigenvalue weighted by atomic mass is 16.7. The predicted octanol–water partition coefficient (Wildman–Crippen LogP) is 4.39. The molecule has 2 unspecified atom stereocenters. The van der Waals surface area contributed by atoms with Crippen molar-refractivity contribution >= 4 is 0 Å². The number of nitrogens with zero attached hydrogens (tertiary/aromatic N) is 1. The van der Waals surface area contributed by atoms with Crippen molar-refractivity contribution < 1.29 is 19.3 Å². The van der Waals surface area contributed by atoms with Crippen molar-refractivity contribution in [3.8, 4) is 0 Å². The van der Waals surface area contributed by atoms with Crippen LogP contribution in [0.5, 0.6) is 0 Å². The molecule has 32 heavy (non-hydrogen) atoms. The van der Waals surface area contributed by atoms with Gasteiger partial charge < -0.3 is 19.3 Å². The first-order valence-electron chi connectivity index (χ1n) is 13.0.